The second-order valence-corrected chi connectivity index (χ2v) is 4.13. The van der Waals surface area contributed by atoms with Crippen LogP contribution in [0.4, 0.5) is 0 Å². The number of hydrogen-bond donors (Lipinski definition) is 1. The van der Waals surface area contributed by atoms with Gasteiger partial charge in [-0.15, -0.1) is 0 Å². The van der Waals surface area contributed by atoms with E-state index < -0.39 is 5.97 Å². The van der Waals surface area contributed by atoms with E-state index in [0.717, 1.165) is 19.4 Å². The van der Waals surface area contributed by atoms with E-state index in [-0.39, 0.29) is 24.9 Å². The number of aliphatic carboxylic acids is 1. The molecular formula is C9H12N2O3S. The summed E-state index contributed by atoms with van der Waals surface area (Å²) in [5.74, 6) is -0.934. The molecule has 1 amide bonds. The third-order valence-corrected chi connectivity index (χ3v) is 3.28. The van der Waals surface area contributed by atoms with Gasteiger partial charge in [0.05, 0.1) is 6.42 Å². The molecule has 6 heteroatoms. The normalized spacial score (nSPS) is 24.9. The maximum atomic E-state index is 11.8. The maximum absolute atomic E-state index is 11.8. The number of fused-ring (bicyclic) bond motifs is 1. The summed E-state index contributed by atoms with van der Waals surface area (Å²) in [6.07, 6.45) is 1.78. The average Bonchev–Trinajstić information content (AvgIpc) is 2.71. The standard InChI is InChI=1S/C9H12N2O3S/c12-7(13)3-5-11-8(14)6-2-1-4-10(6)9(11)15/h6H,1-5H2,(H,12,13). The Kier molecular flexibility index (Phi) is 2.60. The van der Waals surface area contributed by atoms with Crippen LogP contribution in [0.5, 0.6) is 0 Å². The Bertz CT molecular complexity index is 309. The smallest absolute Gasteiger partial charge is 0.305 e. The Balaban J connectivity index is 2.04. The van der Waals surface area contributed by atoms with Crippen molar-refractivity contribution in [2.45, 2.75) is 25.3 Å². The lowest BCUT2D eigenvalue weighted by molar-refractivity contribution is -0.137. The SMILES string of the molecule is O=C(O)CCN1C(=O)C2CCCN2C1=S. The largest absolute Gasteiger partial charge is 0.481 e. The minimum Gasteiger partial charge on any atom is -0.481 e. The minimum absolute atomic E-state index is 0.0289. The molecule has 0 aliphatic carbocycles. The fraction of sp³-hybridized carbons (Fsp3) is 0.667. The molecule has 0 aromatic carbocycles. The number of nitrogens with zero attached hydrogens (tertiary/aromatic N) is 2. The molecule has 2 heterocycles. The highest BCUT2D eigenvalue weighted by molar-refractivity contribution is 7.80. The summed E-state index contributed by atoms with van der Waals surface area (Å²) in [6, 6.07) is -0.119. The van der Waals surface area contributed by atoms with Gasteiger partial charge in [-0.3, -0.25) is 14.5 Å². The summed E-state index contributed by atoms with van der Waals surface area (Å²) >= 11 is 5.15. The topological polar surface area (TPSA) is 60.9 Å². The molecule has 2 fully saturated rings. The highest BCUT2D eigenvalue weighted by Gasteiger charge is 2.44. The van der Waals surface area contributed by atoms with Crippen LogP contribution in [0.1, 0.15) is 19.3 Å². The molecule has 15 heavy (non-hydrogen) atoms. The van der Waals surface area contributed by atoms with Gasteiger partial charge >= 0.3 is 5.97 Å². The monoisotopic (exact) mass is 228 g/mol. The van der Waals surface area contributed by atoms with Gasteiger partial charge in [-0.1, -0.05) is 0 Å². The Hall–Kier alpha value is -1.17. The van der Waals surface area contributed by atoms with Gasteiger partial charge in [0.15, 0.2) is 5.11 Å². The second kappa shape index (κ2) is 3.77. The lowest BCUT2D eigenvalue weighted by Crippen LogP contribution is -2.34. The zero-order valence-electron chi connectivity index (χ0n) is 8.18. The molecule has 2 saturated heterocycles. The lowest BCUT2D eigenvalue weighted by Gasteiger charge is -2.17. The van der Waals surface area contributed by atoms with Crippen molar-refractivity contribution in [3.63, 3.8) is 0 Å². The Morgan fingerprint density at radius 1 is 1.60 bits per heavy atom. The van der Waals surface area contributed by atoms with E-state index in [4.69, 9.17) is 17.3 Å². The molecule has 0 aromatic heterocycles. The fourth-order valence-electron chi connectivity index (χ4n) is 2.09. The van der Waals surface area contributed by atoms with Crippen molar-refractivity contribution in [3.05, 3.63) is 0 Å². The molecule has 1 atom stereocenters. The predicted molar refractivity (Wildman–Crippen MR) is 56.3 cm³/mol. The quantitative estimate of drug-likeness (QED) is 0.692. The number of rotatable bonds is 3. The van der Waals surface area contributed by atoms with Gasteiger partial charge in [0.25, 0.3) is 5.91 Å². The van der Waals surface area contributed by atoms with Crippen LogP contribution in [0.15, 0.2) is 0 Å². The molecule has 2 rings (SSSR count). The van der Waals surface area contributed by atoms with Gasteiger partial charge in [0.2, 0.25) is 0 Å². The van der Waals surface area contributed by atoms with Crippen molar-refractivity contribution in [1.82, 2.24) is 9.80 Å². The van der Waals surface area contributed by atoms with Crippen LogP contribution in [0.2, 0.25) is 0 Å². The number of thiocarbonyl (C=S) groups is 1. The first-order chi connectivity index (χ1) is 7.11. The molecule has 0 radical (unpaired) electrons. The molecular weight excluding hydrogens is 216 g/mol. The van der Waals surface area contributed by atoms with E-state index in [2.05, 4.69) is 0 Å². The van der Waals surface area contributed by atoms with E-state index in [0.29, 0.717) is 5.11 Å². The zero-order valence-corrected chi connectivity index (χ0v) is 9.00. The van der Waals surface area contributed by atoms with Crippen LogP contribution in [0.25, 0.3) is 0 Å². The molecule has 0 bridgehead atoms. The van der Waals surface area contributed by atoms with Gasteiger partial charge in [-0.05, 0) is 25.1 Å². The molecule has 0 spiro atoms. The van der Waals surface area contributed by atoms with Crippen LogP contribution < -0.4 is 0 Å². The first-order valence-corrected chi connectivity index (χ1v) is 5.36. The van der Waals surface area contributed by atoms with E-state index in [1.807, 2.05) is 4.90 Å². The van der Waals surface area contributed by atoms with Gasteiger partial charge in [-0.2, -0.15) is 0 Å². The minimum atomic E-state index is -0.905. The van der Waals surface area contributed by atoms with Crippen molar-refractivity contribution in [1.29, 1.82) is 0 Å². The van der Waals surface area contributed by atoms with Crippen LogP contribution in [-0.2, 0) is 9.59 Å². The number of amides is 1. The summed E-state index contributed by atoms with van der Waals surface area (Å²) in [7, 11) is 0. The number of carboxylic acid groups (broad SMARTS) is 1. The van der Waals surface area contributed by atoms with Crippen LogP contribution in [0.3, 0.4) is 0 Å². The highest BCUT2D eigenvalue weighted by atomic mass is 32.1. The number of carboxylic acids is 1. The van der Waals surface area contributed by atoms with Crippen molar-refractivity contribution < 1.29 is 14.7 Å². The summed E-state index contributed by atoms with van der Waals surface area (Å²) in [5.41, 5.74) is 0. The average molecular weight is 228 g/mol. The molecule has 2 aliphatic rings. The zero-order chi connectivity index (χ0) is 11.0. The molecule has 2 aliphatic heterocycles. The van der Waals surface area contributed by atoms with Crippen molar-refractivity contribution in [2.24, 2.45) is 0 Å². The summed E-state index contributed by atoms with van der Waals surface area (Å²) in [5, 5.41) is 9.06. The van der Waals surface area contributed by atoms with Gasteiger partial charge in [-0.25, -0.2) is 0 Å². The summed E-state index contributed by atoms with van der Waals surface area (Å²) in [4.78, 5) is 25.6. The van der Waals surface area contributed by atoms with Crippen LogP contribution in [-0.4, -0.2) is 51.0 Å². The number of carbonyl (C=O) groups excluding carboxylic acids is 1. The van der Waals surface area contributed by atoms with Crippen molar-refractivity contribution >= 4 is 29.2 Å². The van der Waals surface area contributed by atoms with Crippen LogP contribution in [0, 0.1) is 0 Å². The predicted octanol–water partition coefficient (Wildman–Crippen LogP) is 0.0526. The molecule has 82 valence electrons. The lowest BCUT2D eigenvalue weighted by atomic mass is 10.2. The fourth-order valence-corrected chi connectivity index (χ4v) is 2.49. The third kappa shape index (κ3) is 1.69. The van der Waals surface area contributed by atoms with E-state index in [1.54, 1.807) is 0 Å². The van der Waals surface area contributed by atoms with E-state index in [1.165, 1.54) is 4.90 Å². The first kappa shape index (κ1) is 10.4. The number of hydrogen-bond acceptors (Lipinski definition) is 3. The first-order valence-electron chi connectivity index (χ1n) is 4.95. The van der Waals surface area contributed by atoms with Crippen LogP contribution >= 0.6 is 12.2 Å². The van der Waals surface area contributed by atoms with E-state index >= 15 is 0 Å². The van der Waals surface area contributed by atoms with Crippen molar-refractivity contribution in [3.8, 4) is 0 Å². The number of carbonyl (C=O) groups is 2. The molecule has 1 N–H and O–H groups in total. The Morgan fingerprint density at radius 2 is 2.33 bits per heavy atom. The molecule has 1 unspecified atom stereocenters. The van der Waals surface area contributed by atoms with E-state index in [9.17, 15) is 9.59 Å². The van der Waals surface area contributed by atoms with Gasteiger partial charge in [0, 0.05) is 13.1 Å². The summed E-state index contributed by atoms with van der Waals surface area (Å²) < 4.78 is 0. The van der Waals surface area contributed by atoms with Gasteiger partial charge < -0.3 is 10.0 Å². The Labute approximate surface area is 92.6 Å². The van der Waals surface area contributed by atoms with Crippen molar-refractivity contribution in [2.75, 3.05) is 13.1 Å². The highest BCUT2D eigenvalue weighted by Crippen LogP contribution is 2.27. The second-order valence-electron chi connectivity index (χ2n) is 3.77. The molecule has 0 aromatic rings. The Morgan fingerprint density at radius 3 is 2.93 bits per heavy atom. The summed E-state index contributed by atoms with van der Waals surface area (Å²) in [6.45, 7) is 1.01. The molecule has 0 saturated carbocycles. The maximum Gasteiger partial charge on any atom is 0.305 e. The molecule has 5 nitrogen and oxygen atoms in total. The van der Waals surface area contributed by atoms with Gasteiger partial charge in [0.1, 0.15) is 6.04 Å². The third-order valence-electron chi connectivity index (χ3n) is 2.83.